The van der Waals surface area contributed by atoms with Gasteiger partial charge in [-0.25, -0.2) is 0 Å². The summed E-state index contributed by atoms with van der Waals surface area (Å²) < 4.78 is 5.24. The first-order chi connectivity index (χ1) is 14.8. The van der Waals surface area contributed by atoms with Crippen LogP contribution in [-0.2, 0) is 10.5 Å². The molecule has 1 amide bonds. The van der Waals surface area contributed by atoms with Crippen LogP contribution < -0.4 is 15.4 Å². The molecular weight excluding hydrogens is 404 g/mol. The van der Waals surface area contributed by atoms with Crippen molar-refractivity contribution >= 4 is 29.0 Å². The van der Waals surface area contributed by atoms with Gasteiger partial charge >= 0.3 is 0 Å². The summed E-state index contributed by atoms with van der Waals surface area (Å²) in [5.74, 6) is 2.50. The van der Waals surface area contributed by atoms with Gasteiger partial charge in [-0.1, -0.05) is 52.2 Å². The molecule has 1 aliphatic rings. The van der Waals surface area contributed by atoms with Crippen LogP contribution in [0.5, 0.6) is 5.75 Å². The molecule has 1 aliphatic carbocycles. The Balaban J connectivity index is 1.70. The average Bonchev–Trinajstić information content (AvgIpc) is 2.77. The molecular formula is C26H36N2O2S. The van der Waals surface area contributed by atoms with Crippen LogP contribution in [0, 0.1) is 11.3 Å². The number of methoxy groups -OCH3 is 1. The van der Waals surface area contributed by atoms with Crippen LogP contribution >= 0.6 is 11.8 Å². The number of ether oxygens (including phenoxy) is 1. The van der Waals surface area contributed by atoms with Crippen LogP contribution in [-0.4, -0.2) is 19.6 Å². The maximum atomic E-state index is 12.7. The fraction of sp³-hybridized carbons (Fsp3) is 0.500. The third kappa shape index (κ3) is 7.20. The maximum Gasteiger partial charge on any atom is 0.229 e. The SMILES string of the molecule is COc1ccc(CSc2ccc(NCC3CCCCC3)c(NC(=O)C(C)(C)C)c2)cc1. The molecule has 168 valence electrons. The number of hydrogen-bond acceptors (Lipinski definition) is 4. The van der Waals surface area contributed by atoms with Gasteiger partial charge in [0.2, 0.25) is 5.91 Å². The Morgan fingerprint density at radius 3 is 2.39 bits per heavy atom. The molecule has 0 bridgehead atoms. The largest absolute Gasteiger partial charge is 0.497 e. The van der Waals surface area contributed by atoms with Crippen LogP contribution in [0.4, 0.5) is 11.4 Å². The molecule has 0 aliphatic heterocycles. The van der Waals surface area contributed by atoms with E-state index in [9.17, 15) is 4.79 Å². The summed E-state index contributed by atoms with van der Waals surface area (Å²) in [7, 11) is 1.68. The zero-order valence-electron chi connectivity index (χ0n) is 19.3. The van der Waals surface area contributed by atoms with Gasteiger partial charge in [0.25, 0.3) is 0 Å². The first kappa shape index (κ1) is 23.5. The molecule has 31 heavy (non-hydrogen) atoms. The Kier molecular flexibility index (Phi) is 8.30. The van der Waals surface area contributed by atoms with Crippen molar-refractivity contribution in [3.05, 3.63) is 48.0 Å². The van der Waals surface area contributed by atoms with Crippen LogP contribution in [0.3, 0.4) is 0 Å². The Bertz CT molecular complexity index is 853. The van der Waals surface area contributed by atoms with Crippen molar-refractivity contribution < 1.29 is 9.53 Å². The number of benzene rings is 2. The number of anilines is 2. The standard InChI is InChI=1S/C26H36N2O2S/c1-26(2,3)25(29)28-24-16-22(31-18-20-10-12-21(30-4)13-11-20)14-15-23(24)27-17-19-8-6-5-7-9-19/h10-16,19,27H,5-9,17-18H2,1-4H3,(H,28,29). The van der Waals surface area contributed by atoms with Crippen molar-refractivity contribution in [3.63, 3.8) is 0 Å². The minimum atomic E-state index is -0.438. The van der Waals surface area contributed by atoms with E-state index in [4.69, 9.17) is 4.74 Å². The highest BCUT2D eigenvalue weighted by Gasteiger charge is 2.22. The van der Waals surface area contributed by atoms with Crippen LogP contribution in [0.1, 0.15) is 58.4 Å². The third-order valence-electron chi connectivity index (χ3n) is 5.79. The van der Waals surface area contributed by atoms with Crippen LogP contribution in [0.25, 0.3) is 0 Å². The lowest BCUT2D eigenvalue weighted by Crippen LogP contribution is -2.28. The highest BCUT2D eigenvalue weighted by atomic mass is 32.2. The van der Waals surface area contributed by atoms with E-state index >= 15 is 0 Å². The third-order valence-corrected chi connectivity index (χ3v) is 6.86. The molecule has 0 spiro atoms. The van der Waals surface area contributed by atoms with Gasteiger partial charge in [0.1, 0.15) is 5.75 Å². The normalized spacial score (nSPS) is 14.8. The number of nitrogens with one attached hydrogen (secondary N) is 2. The van der Waals surface area contributed by atoms with Gasteiger partial charge in [0.05, 0.1) is 18.5 Å². The van der Waals surface area contributed by atoms with Crippen molar-refractivity contribution in [1.82, 2.24) is 0 Å². The molecule has 0 aromatic heterocycles. The molecule has 0 heterocycles. The lowest BCUT2D eigenvalue weighted by molar-refractivity contribution is -0.123. The maximum absolute atomic E-state index is 12.7. The van der Waals surface area contributed by atoms with Gasteiger partial charge in [0.15, 0.2) is 0 Å². The highest BCUT2D eigenvalue weighted by molar-refractivity contribution is 7.98. The zero-order valence-corrected chi connectivity index (χ0v) is 20.1. The fourth-order valence-corrected chi connectivity index (χ4v) is 4.61. The predicted molar refractivity (Wildman–Crippen MR) is 132 cm³/mol. The van der Waals surface area contributed by atoms with Crippen molar-refractivity contribution in [2.45, 2.75) is 63.5 Å². The van der Waals surface area contributed by atoms with Gasteiger partial charge in [-0.15, -0.1) is 11.8 Å². The van der Waals surface area contributed by atoms with E-state index in [0.717, 1.165) is 40.2 Å². The summed E-state index contributed by atoms with van der Waals surface area (Å²) in [6, 6.07) is 14.5. The second-order valence-electron chi connectivity index (χ2n) is 9.43. The number of rotatable bonds is 8. The average molecular weight is 441 g/mol. The number of amides is 1. The quantitative estimate of drug-likeness (QED) is 0.435. The van der Waals surface area contributed by atoms with Gasteiger partial charge in [0, 0.05) is 22.6 Å². The van der Waals surface area contributed by atoms with Crippen LogP contribution in [0.2, 0.25) is 0 Å². The van der Waals surface area contributed by atoms with E-state index in [2.05, 4.69) is 41.0 Å². The van der Waals surface area contributed by atoms with E-state index < -0.39 is 5.41 Å². The van der Waals surface area contributed by atoms with Crippen molar-refractivity contribution in [2.24, 2.45) is 11.3 Å². The molecule has 4 nitrogen and oxygen atoms in total. The van der Waals surface area contributed by atoms with Crippen molar-refractivity contribution in [1.29, 1.82) is 0 Å². The van der Waals surface area contributed by atoms with Gasteiger partial charge in [-0.2, -0.15) is 0 Å². The molecule has 0 radical (unpaired) electrons. The molecule has 0 saturated heterocycles. The predicted octanol–water partition coefficient (Wildman–Crippen LogP) is 6.96. The molecule has 2 aromatic rings. The molecule has 0 unspecified atom stereocenters. The summed E-state index contributed by atoms with van der Waals surface area (Å²) in [5.41, 5.74) is 2.69. The lowest BCUT2D eigenvalue weighted by atomic mass is 9.89. The summed E-state index contributed by atoms with van der Waals surface area (Å²) in [4.78, 5) is 13.8. The Morgan fingerprint density at radius 1 is 1.03 bits per heavy atom. The number of hydrogen-bond donors (Lipinski definition) is 2. The molecule has 0 atom stereocenters. The molecule has 2 N–H and O–H groups in total. The Labute approximate surface area is 191 Å². The van der Waals surface area contributed by atoms with E-state index in [1.54, 1.807) is 18.9 Å². The second kappa shape index (κ2) is 10.9. The fourth-order valence-electron chi connectivity index (χ4n) is 3.71. The second-order valence-corrected chi connectivity index (χ2v) is 10.5. The Morgan fingerprint density at radius 2 is 1.74 bits per heavy atom. The van der Waals surface area contributed by atoms with Crippen molar-refractivity contribution in [3.8, 4) is 5.75 Å². The number of carbonyl (C=O) groups excluding carboxylic acids is 1. The molecule has 3 rings (SSSR count). The van der Waals surface area contributed by atoms with E-state index in [1.807, 2.05) is 32.9 Å². The molecule has 5 heteroatoms. The highest BCUT2D eigenvalue weighted by Crippen LogP contribution is 2.33. The molecule has 1 fully saturated rings. The summed E-state index contributed by atoms with van der Waals surface area (Å²) in [5, 5.41) is 6.78. The molecule has 1 saturated carbocycles. The lowest BCUT2D eigenvalue weighted by Gasteiger charge is -2.24. The van der Waals surface area contributed by atoms with E-state index in [0.29, 0.717) is 0 Å². The number of carbonyl (C=O) groups is 1. The zero-order chi connectivity index (χ0) is 22.3. The van der Waals surface area contributed by atoms with E-state index in [-0.39, 0.29) is 5.91 Å². The summed E-state index contributed by atoms with van der Waals surface area (Å²) >= 11 is 1.77. The van der Waals surface area contributed by atoms with E-state index in [1.165, 1.54) is 37.7 Å². The van der Waals surface area contributed by atoms with Gasteiger partial charge < -0.3 is 15.4 Å². The first-order valence-electron chi connectivity index (χ1n) is 11.3. The summed E-state index contributed by atoms with van der Waals surface area (Å²) in [6.45, 7) is 6.80. The van der Waals surface area contributed by atoms with Crippen molar-refractivity contribution in [2.75, 3.05) is 24.3 Å². The molecule has 2 aromatic carbocycles. The smallest absolute Gasteiger partial charge is 0.229 e. The monoisotopic (exact) mass is 440 g/mol. The van der Waals surface area contributed by atoms with Gasteiger partial charge in [-0.3, -0.25) is 4.79 Å². The summed E-state index contributed by atoms with van der Waals surface area (Å²) in [6.07, 6.45) is 6.63. The minimum Gasteiger partial charge on any atom is -0.497 e. The van der Waals surface area contributed by atoms with Gasteiger partial charge in [-0.05, 0) is 54.7 Å². The first-order valence-corrected chi connectivity index (χ1v) is 12.3. The number of thioether (sulfide) groups is 1. The topological polar surface area (TPSA) is 50.4 Å². The Hall–Kier alpha value is -2.14. The van der Waals surface area contributed by atoms with Crippen LogP contribution in [0.15, 0.2) is 47.4 Å². The minimum absolute atomic E-state index is 0.0329.